The number of halogens is 1. The van der Waals surface area contributed by atoms with E-state index >= 15 is 0 Å². The number of nitrogens with zero attached hydrogens (tertiary/aromatic N) is 2. The fourth-order valence-electron chi connectivity index (χ4n) is 2.23. The number of rotatable bonds is 5. The minimum atomic E-state index is -0.792. The molecule has 1 N–H and O–H groups in total. The quantitative estimate of drug-likeness (QED) is 0.783. The van der Waals surface area contributed by atoms with Crippen LogP contribution in [0.4, 0.5) is 4.39 Å². The molecule has 0 spiro atoms. The first-order chi connectivity index (χ1) is 10.1. The number of fused-ring (bicyclic) bond motifs is 1. The van der Waals surface area contributed by atoms with Gasteiger partial charge in [-0.15, -0.1) is 11.3 Å². The van der Waals surface area contributed by atoms with E-state index in [9.17, 15) is 9.18 Å². The Kier molecular flexibility index (Phi) is 3.70. The van der Waals surface area contributed by atoms with Crippen LogP contribution in [-0.4, -0.2) is 20.5 Å². The highest BCUT2D eigenvalue weighted by atomic mass is 32.1. The highest BCUT2D eigenvalue weighted by molar-refractivity contribution is 7.15. The molecule has 0 bridgehead atoms. The molecule has 0 unspecified atom stereocenters. The summed E-state index contributed by atoms with van der Waals surface area (Å²) < 4.78 is 15.7. The van der Waals surface area contributed by atoms with Crippen LogP contribution in [0, 0.1) is 5.82 Å². The van der Waals surface area contributed by atoms with Crippen LogP contribution >= 0.6 is 11.3 Å². The maximum atomic E-state index is 13.8. The number of carboxylic acids is 1. The van der Waals surface area contributed by atoms with E-state index in [2.05, 4.69) is 4.98 Å². The van der Waals surface area contributed by atoms with Crippen LogP contribution in [0.1, 0.15) is 18.5 Å². The van der Waals surface area contributed by atoms with Crippen LogP contribution in [0.2, 0.25) is 0 Å². The Balaban J connectivity index is 1.89. The van der Waals surface area contributed by atoms with E-state index < -0.39 is 5.97 Å². The predicted molar refractivity (Wildman–Crippen MR) is 79.0 cm³/mol. The van der Waals surface area contributed by atoms with Crippen molar-refractivity contribution in [2.75, 3.05) is 0 Å². The summed E-state index contributed by atoms with van der Waals surface area (Å²) >= 11 is 1.48. The molecule has 2 heterocycles. The number of carboxylic acid groups (broad SMARTS) is 1. The molecule has 21 heavy (non-hydrogen) atoms. The van der Waals surface area contributed by atoms with Gasteiger partial charge in [0.2, 0.25) is 0 Å². The first kappa shape index (κ1) is 13.8. The van der Waals surface area contributed by atoms with Crippen molar-refractivity contribution in [3.05, 3.63) is 47.4 Å². The summed E-state index contributed by atoms with van der Waals surface area (Å²) in [5, 5.41) is 10.6. The van der Waals surface area contributed by atoms with Gasteiger partial charge in [0.25, 0.3) is 0 Å². The number of aliphatic carboxylic acids is 1. The number of carbonyl (C=O) groups is 1. The van der Waals surface area contributed by atoms with Crippen LogP contribution in [-0.2, 0) is 11.2 Å². The summed E-state index contributed by atoms with van der Waals surface area (Å²) in [5.74, 6) is -1.09. The Morgan fingerprint density at radius 2 is 2.19 bits per heavy atom. The number of aryl methyl sites for hydroxylation is 1. The zero-order valence-corrected chi connectivity index (χ0v) is 11.9. The van der Waals surface area contributed by atoms with Gasteiger partial charge in [0, 0.05) is 29.3 Å². The molecule has 0 atom stereocenters. The van der Waals surface area contributed by atoms with Crippen molar-refractivity contribution in [2.45, 2.75) is 19.3 Å². The summed E-state index contributed by atoms with van der Waals surface area (Å²) in [4.78, 5) is 15.8. The SMILES string of the molecule is O=C(O)CCCc1csc2nc(-c3ccccc3F)cn12. The zero-order chi connectivity index (χ0) is 14.8. The largest absolute Gasteiger partial charge is 0.481 e. The molecule has 3 aromatic rings. The molecule has 0 saturated carbocycles. The van der Waals surface area contributed by atoms with Gasteiger partial charge < -0.3 is 5.11 Å². The van der Waals surface area contributed by atoms with Gasteiger partial charge in [-0.05, 0) is 25.0 Å². The Bertz CT molecular complexity index is 794. The van der Waals surface area contributed by atoms with Gasteiger partial charge in [0.05, 0.1) is 5.69 Å². The third-order valence-electron chi connectivity index (χ3n) is 3.26. The average molecular weight is 304 g/mol. The molecular formula is C15H13FN2O2S. The van der Waals surface area contributed by atoms with Crippen LogP contribution in [0.3, 0.4) is 0 Å². The summed E-state index contributed by atoms with van der Waals surface area (Å²) in [5.41, 5.74) is 2.08. The van der Waals surface area contributed by atoms with E-state index in [1.165, 1.54) is 17.4 Å². The van der Waals surface area contributed by atoms with E-state index in [4.69, 9.17) is 5.11 Å². The predicted octanol–water partition coefficient (Wildman–Crippen LogP) is 3.61. The minimum Gasteiger partial charge on any atom is -0.481 e. The Hall–Kier alpha value is -2.21. The monoisotopic (exact) mass is 304 g/mol. The lowest BCUT2D eigenvalue weighted by Gasteiger charge is -1.98. The first-order valence-corrected chi connectivity index (χ1v) is 7.45. The summed E-state index contributed by atoms with van der Waals surface area (Å²) in [6, 6.07) is 6.54. The molecule has 1 aromatic carbocycles. The van der Waals surface area contributed by atoms with Crippen molar-refractivity contribution in [3.8, 4) is 11.3 Å². The van der Waals surface area contributed by atoms with E-state index in [0.717, 1.165) is 10.7 Å². The van der Waals surface area contributed by atoms with Crippen LogP contribution in [0.5, 0.6) is 0 Å². The zero-order valence-electron chi connectivity index (χ0n) is 11.1. The molecule has 108 valence electrons. The Labute approximate surface area is 124 Å². The van der Waals surface area contributed by atoms with Gasteiger partial charge in [-0.1, -0.05) is 12.1 Å². The van der Waals surface area contributed by atoms with Gasteiger partial charge in [-0.3, -0.25) is 9.20 Å². The minimum absolute atomic E-state index is 0.145. The van der Waals surface area contributed by atoms with Crippen molar-refractivity contribution in [3.63, 3.8) is 0 Å². The van der Waals surface area contributed by atoms with Gasteiger partial charge in [0.1, 0.15) is 5.82 Å². The van der Waals surface area contributed by atoms with Crippen molar-refractivity contribution >= 4 is 22.3 Å². The molecule has 2 aromatic heterocycles. The van der Waals surface area contributed by atoms with Gasteiger partial charge in [0.15, 0.2) is 4.96 Å². The number of thiazole rings is 1. The van der Waals surface area contributed by atoms with Gasteiger partial charge in [-0.2, -0.15) is 0 Å². The molecule has 0 aliphatic carbocycles. The molecule has 0 amide bonds. The second kappa shape index (κ2) is 5.65. The Morgan fingerprint density at radius 1 is 1.38 bits per heavy atom. The molecule has 0 aliphatic heterocycles. The topological polar surface area (TPSA) is 54.6 Å². The number of hydrogen-bond donors (Lipinski definition) is 1. The summed E-state index contributed by atoms with van der Waals surface area (Å²) in [7, 11) is 0. The number of aromatic nitrogens is 2. The Morgan fingerprint density at radius 3 is 2.95 bits per heavy atom. The van der Waals surface area contributed by atoms with E-state index in [-0.39, 0.29) is 12.2 Å². The number of hydrogen-bond acceptors (Lipinski definition) is 3. The van der Waals surface area contributed by atoms with E-state index in [0.29, 0.717) is 24.1 Å². The molecule has 0 aliphatic rings. The molecular weight excluding hydrogens is 291 g/mol. The molecule has 0 radical (unpaired) electrons. The first-order valence-electron chi connectivity index (χ1n) is 6.57. The molecule has 4 nitrogen and oxygen atoms in total. The molecule has 0 saturated heterocycles. The fraction of sp³-hybridized carbons (Fsp3) is 0.200. The second-order valence-corrected chi connectivity index (χ2v) is 5.57. The highest BCUT2D eigenvalue weighted by Crippen LogP contribution is 2.26. The fourth-order valence-corrected chi connectivity index (χ4v) is 3.14. The third kappa shape index (κ3) is 2.80. The standard InChI is InChI=1S/C15H13FN2O2S/c16-12-6-2-1-5-11(12)13-8-18-10(4-3-7-14(19)20)9-21-15(18)17-13/h1-2,5-6,8-9H,3-4,7H2,(H,19,20). The maximum absolute atomic E-state index is 13.8. The van der Waals surface area contributed by atoms with Crippen molar-refractivity contribution in [1.82, 2.24) is 9.38 Å². The number of imidazole rings is 1. The van der Waals surface area contributed by atoms with Crippen LogP contribution in [0.25, 0.3) is 16.2 Å². The van der Waals surface area contributed by atoms with Crippen molar-refractivity contribution in [2.24, 2.45) is 0 Å². The van der Waals surface area contributed by atoms with Gasteiger partial charge in [-0.25, -0.2) is 9.37 Å². The molecule has 3 rings (SSSR count). The van der Waals surface area contributed by atoms with Crippen molar-refractivity contribution < 1.29 is 14.3 Å². The average Bonchev–Trinajstić information content (AvgIpc) is 3.00. The summed E-state index contributed by atoms with van der Waals surface area (Å²) in [6.07, 6.45) is 3.19. The maximum Gasteiger partial charge on any atom is 0.303 e. The third-order valence-corrected chi connectivity index (χ3v) is 4.15. The van der Waals surface area contributed by atoms with E-state index in [1.54, 1.807) is 24.4 Å². The number of benzene rings is 1. The normalized spacial score (nSPS) is 11.1. The van der Waals surface area contributed by atoms with Crippen LogP contribution < -0.4 is 0 Å². The second-order valence-electron chi connectivity index (χ2n) is 4.73. The smallest absolute Gasteiger partial charge is 0.303 e. The van der Waals surface area contributed by atoms with Crippen LogP contribution in [0.15, 0.2) is 35.8 Å². The summed E-state index contributed by atoms with van der Waals surface area (Å²) in [6.45, 7) is 0. The van der Waals surface area contributed by atoms with Gasteiger partial charge >= 0.3 is 5.97 Å². The lowest BCUT2D eigenvalue weighted by atomic mass is 10.1. The molecule has 6 heteroatoms. The lowest BCUT2D eigenvalue weighted by Crippen LogP contribution is -1.97. The van der Waals surface area contributed by atoms with Crippen molar-refractivity contribution in [1.29, 1.82) is 0 Å². The highest BCUT2D eigenvalue weighted by Gasteiger charge is 2.12. The lowest BCUT2D eigenvalue weighted by molar-refractivity contribution is -0.137. The van der Waals surface area contributed by atoms with E-state index in [1.807, 2.05) is 9.78 Å². The molecule has 0 fully saturated rings.